The van der Waals surface area contributed by atoms with E-state index in [0.29, 0.717) is 5.95 Å². The van der Waals surface area contributed by atoms with Gasteiger partial charge in [0.15, 0.2) is 0 Å². The maximum atomic E-state index is 12.1. The summed E-state index contributed by atoms with van der Waals surface area (Å²) < 4.78 is 17.5. The maximum Gasteiger partial charge on any atom is 0.224 e. The van der Waals surface area contributed by atoms with Gasteiger partial charge in [-0.15, -0.1) is 0 Å². The molecule has 0 aromatic carbocycles. The van der Waals surface area contributed by atoms with Crippen molar-refractivity contribution < 1.29 is 9.13 Å². The van der Waals surface area contributed by atoms with Gasteiger partial charge in [-0.05, 0) is 26.7 Å². The molecule has 1 fully saturated rings. The van der Waals surface area contributed by atoms with Gasteiger partial charge in [-0.2, -0.15) is 4.98 Å². The minimum Gasteiger partial charge on any atom is -0.375 e. The summed E-state index contributed by atoms with van der Waals surface area (Å²) in [7, 11) is 0. The van der Waals surface area contributed by atoms with Crippen LogP contribution < -0.4 is 10.2 Å². The van der Waals surface area contributed by atoms with E-state index >= 15 is 0 Å². The van der Waals surface area contributed by atoms with Gasteiger partial charge in [0, 0.05) is 31.4 Å². The van der Waals surface area contributed by atoms with E-state index < -0.39 is 6.67 Å². The van der Waals surface area contributed by atoms with Gasteiger partial charge in [0.1, 0.15) is 12.5 Å². The molecule has 0 radical (unpaired) electrons. The molecule has 0 unspecified atom stereocenters. The lowest BCUT2D eigenvalue weighted by Crippen LogP contribution is -2.38. The van der Waals surface area contributed by atoms with E-state index in [0.717, 1.165) is 44.0 Å². The predicted octanol–water partition coefficient (Wildman–Crippen LogP) is 2.17. The monoisotopic (exact) mass is 282 g/mol. The van der Waals surface area contributed by atoms with Crippen LogP contribution in [0.2, 0.25) is 0 Å². The Morgan fingerprint density at radius 2 is 2.15 bits per heavy atom. The minimum absolute atomic E-state index is 0.179. The van der Waals surface area contributed by atoms with Crippen LogP contribution in [-0.2, 0) is 4.74 Å². The van der Waals surface area contributed by atoms with E-state index in [2.05, 4.69) is 20.2 Å². The zero-order valence-electron chi connectivity index (χ0n) is 12.2. The normalized spacial score (nSPS) is 16.4. The molecule has 2 heterocycles. The smallest absolute Gasteiger partial charge is 0.224 e. The molecule has 1 aliphatic heterocycles. The van der Waals surface area contributed by atoms with Crippen LogP contribution in [0.3, 0.4) is 0 Å². The standard InChI is InChI=1S/C14H23FN4O/c1-3-16-14-17-11(2)10-13(18-14)19-7-4-12(5-8-19)20-9-6-15/h10,12H,3-9H2,1-2H3,(H,16,17,18). The molecule has 1 aromatic rings. The number of halogens is 1. The summed E-state index contributed by atoms with van der Waals surface area (Å²) in [6.45, 7) is 6.39. The van der Waals surface area contributed by atoms with Gasteiger partial charge in [0.2, 0.25) is 5.95 Å². The topological polar surface area (TPSA) is 50.3 Å². The van der Waals surface area contributed by atoms with E-state index in [1.165, 1.54) is 0 Å². The highest BCUT2D eigenvalue weighted by molar-refractivity contribution is 5.45. The molecule has 1 saturated heterocycles. The van der Waals surface area contributed by atoms with Crippen molar-refractivity contribution in [2.45, 2.75) is 32.8 Å². The summed E-state index contributed by atoms with van der Waals surface area (Å²) in [6, 6.07) is 2.00. The number of anilines is 2. The van der Waals surface area contributed by atoms with Crippen molar-refractivity contribution in [3.63, 3.8) is 0 Å². The summed E-state index contributed by atoms with van der Waals surface area (Å²) in [4.78, 5) is 11.1. The molecular weight excluding hydrogens is 259 g/mol. The van der Waals surface area contributed by atoms with Crippen LogP contribution in [0.25, 0.3) is 0 Å². The summed E-state index contributed by atoms with van der Waals surface area (Å²) in [6.07, 6.45) is 2.01. The fraction of sp³-hybridized carbons (Fsp3) is 0.714. The quantitative estimate of drug-likeness (QED) is 0.866. The van der Waals surface area contributed by atoms with E-state index in [4.69, 9.17) is 4.74 Å². The zero-order chi connectivity index (χ0) is 14.4. The highest BCUT2D eigenvalue weighted by atomic mass is 19.1. The first-order valence-corrected chi connectivity index (χ1v) is 7.25. The number of aryl methyl sites for hydroxylation is 1. The molecule has 112 valence electrons. The average molecular weight is 282 g/mol. The van der Waals surface area contributed by atoms with Crippen molar-refractivity contribution in [2.24, 2.45) is 0 Å². The lowest BCUT2D eigenvalue weighted by Gasteiger charge is -2.32. The van der Waals surface area contributed by atoms with E-state index in [-0.39, 0.29) is 12.7 Å². The van der Waals surface area contributed by atoms with Crippen molar-refractivity contribution in [3.8, 4) is 0 Å². The number of ether oxygens (including phenoxy) is 1. The van der Waals surface area contributed by atoms with E-state index in [9.17, 15) is 4.39 Å². The SMILES string of the molecule is CCNc1nc(C)cc(N2CCC(OCCF)CC2)n1. The Bertz CT molecular complexity index is 422. The summed E-state index contributed by atoms with van der Waals surface area (Å²) >= 11 is 0. The van der Waals surface area contributed by atoms with E-state index in [1.807, 2.05) is 19.9 Å². The first-order valence-electron chi connectivity index (χ1n) is 7.25. The fourth-order valence-electron chi connectivity index (χ4n) is 2.41. The molecule has 0 bridgehead atoms. The molecular formula is C14H23FN4O. The minimum atomic E-state index is -0.405. The Hall–Kier alpha value is -1.43. The van der Waals surface area contributed by atoms with Gasteiger partial charge in [-0.3, -0.25) is 0 Å². The Balaban J connectivity index is 1.96. The van der Waals surface area contributed by atoms with Crippen LogP contribution in [0, 0.1) is 6.92 Å². The number of hydrogen-bond acceptors (Lipinski definition) is 5. The van der Waals surface area contributed by atoms with Crippen LogP contribution >= 0.6 is 0 Å². The molecule has 0 saturated carbocycles. The number of hydrogen-bond donors (Lipinski definition) is 1. The van der Waals surface area contributed by atoms with Gasteiger partial charge < -0.3 is 15.0 Å². The molecule has 0 aliphatic carbocycles. The summed E-state index contributed by atoms with van der Waals surface area (Å²) in [5, 5.41) is 3.15. The number of nitrogens with one attached hydrogen (secondary N) is 1. The third-order valence-corrected chi connectivity index (χ3v) is 3.37. The Morgan fingerprint density at radius 1 is 1.40 bits per heavy atom. The molecule has 2 rings (SSSR count). The lowest BCUT2D eigenvalue weighted by molar-refractivity contribution is 0.0293. The maximum absolute atomic E-state index is 12.1. The van der Waals surface area contributed by atoms with Gasteiger partial charge in [0.05, 0.1) is 12.7 Å². The average Bonchev–Trinajstić information content (AvgIpc) is 2.45. The number of aromatic nitrogens is 2. The van der Waals surface area contributed by atoms with Crippen molar-refractivity contribution in [1.82, 2.24) is 9.97 Å². The molecule has 1 N–H and O–H groups in total. The number of rotatable bonds is 6. The molecule has 0 atom stereocenters. The van der Waals surface area contributed by atoms with Crippen molar-refractivity contribution in [2.75, 3.05) is 43.1 Å². The number of nitrogens with zero attached hydrogens (tertiary/aromatic N) is 3. The Labute approximate surface area is 119 Å². The van der Waals surface area contributed by atoms with E-state index in [1.54, 1.807) is 0 Å². The van der Waals surface area contributed by atoms with Crippen LogP contribution in [0.1, 0.15) is 25.5 Å². The van der Waals surface area contributed by atoms with Crippen molar-refractivity contribution in [3.05, 3.63) is 11.8 Å². The number of alkyl halides is 1. The third-order valence-electron chi connectivity index (χ3n) is 3.37. The second-order valence-electron chi connectivity index (χ2n) is 4.97. The molecule has 1 aromatic heterocycles. The van der Waals surface area contributed by atoms with Crippen molar-refractivity contribution >= 4 is 11.8 Å². The van der Waals surface area contributed by atoms with Crippen LogP contribution in [0.5, 0.6) is 0 Å². The highest BCUT2D eigenvalue weighted by Gasteiger charge is 2.21. The number of piperidine rings is 1. The molecule has 0 spiro atoms. The predicted molar refractivity (Wildman–Crippen MR) is 78.1 cm³/mol. The molecule has 0 amide bonds. The van der Waals surface area contributed by atoms with Gasteiger partial charge >= 0.3 is 0 Å². The highest BCUT2D eigenvalue weighted by Crippen LogP contribution is 2.21. The summed E-state index contributed by atoms with van der Waals surface area (Å²) in [5.41, 5.74) is 0.960. The Morgan fingerprint density at radius 3 is 2.80 bits per heavy atom. The first kappa shape index (κ1) is 15.0. The second kappa shape index (κ2) is 7.38. The fourth-order valence-corrected chi connectivity index (χ4v) is 2.41. The van der Waals surface area contributed by atoms with Gasteiger partial charge in [0.25, 0.3) is 0 Å². The van der Waals surface area contributed by atoms with Gasteiger partial charge in [-0.1, -0.05) is 0 Å². The largest absolute Gasteiger partial charge is 0.375 e. The first-order chi connectivity index (χ1) is 9.72. The zero-order valence-corrected chi connectivity index (χ0v) is 12.2. The van der Waals surface area contributed by atoms with Crippen LogP contribution in [0.15, 0.2) is 6.07 Å². The molecule has 1 aliphatic rings. The van der Waals surface area contributed by atoms with Crippen LogP contribution in [-0.4, -0.2) is 49.0 Å². The molecule has 5 nitrogen and oxygen atoms in total. The van der Waals surface area contributed by atoms with Gasteiger partial charge in [-0.25, -0.2) is 9.37 Å². The van der Waals surface area contributed by atoms with Crippen molar-refractivity contribution in [1.29, 1.82) is 0 Å². The third kappa shape index (κ3) is 4.03. The molecule has 6 heteroatoms. The second-order valence-corrected chi connectivity index (χ2v) is 4.97. The molecule has 20 heavy (non-hydrogen) atoms. The summed E-state index contributed by atoms with van der Waals surface area (Å²) in [5.74, 6) is 1.63. The lowest BCUT2D eigenvalue weighted by atomic mass is 10.1. The Kier molecular flexibility index (Phi) is 5.52. The van der Waals surface area contributed by atoms with Crippen LogP contribution in [0.4, 0.5) is 16.2 Å².